The summed E-state index contributed by atoms with van der Waals surface area (Å²) in [5, 5.41) is 3.43. The van der Waals surface area contributed by atoms with Gasteiger partial charge in [-0.3, -0.25) is 13.9 Å². The van der Waals surface area contributed by atoms with Crippen LogP contribution < -0.4 is 9.62 Å². The molecule has 10 heteroatoms. The number of hydrogen-bond donors (Lipinski definition) is 1. The van der Waals surface area contributed by atoms with Crippen LogP contribution in [0.3, 0.4) is 0 Å². The van der Waals surface area contributed by atoms with Crippen LogP contribution in [0.2, 0.25) is 5.02 Å². The molecule has 0 radical (unpaired) electrons. The summed E-state index contributed by atoms with van der Waals surface area (Å²) in [6.07, 6.45) is 0.249. The highest BCUT2D eigenvalue weighted by atomic mass is 79.9. The molecule has 1 atom stereocenters. The molecule has 0 aliphatic heterocycles. The van der Waals surface area contributed by atoms with Gasteiger partial charge in [-0.15, -0.1) is 0 Å². The number of carbonyl (C=O) groups is 2. The molecular weight excluding hydrogens is 674 g/mol. The minimum atomic E-state index is -4.18. The maximum atomic E-state index is 14.5. The standard InChI is InChI=1S/C35H37BrClN3O4S/c1-25(2)22-38-35(42)33(21-27-7-5-4-6-8-27)39(23-28-11-13-29(36)14-12-28)34(41)24-40(31-17-15-30(37)16-18-31)45(43,44)32-19-9-26(3)10-20-32/h4-20,25,33H,21-24H2,1-3H3,(H,38,42)/t33-/m0/s1. The largest absolute Gasteiger partial charge is 0.354 e. The van der Waals surface area contributed by atoms with Crippen LogP contribution in [0.1, 0.15) is 30.5 Å². The first-order chi connectivity index (χ1) is 21.4. The van der Waals surface area contributed by atoms with Gasteiger partial charge in [-0.1, -0.05) is 102 Å². The van der Waals surface area contributed by atoms with Crippen molar-refractivity contribution in [1.29, 1.82) is 0 Å². The molecule has 0 aromatic heterocycles. The van der Waals surface area contributed by atoms with Crippen molar-refractivity contribution in [2.75, 3.05) is 17.4 Å². The number of benzene rings is 4. The molecule has 0 unspecified atom stereocenters. The topological polar surface area (TPSA) is 86.8 Å². The van der Waals surface area contributed by atoms with Crippen LogP contribution in [0, 0.1) is 12.8 Å². The van der Waals surface area contributed by atoms with E-state index in [1.54, 1.807) is 36.4 Å². The molecule has 1 N–H and O–H groups in total. The molecule has 7 nitrogen and oxygen atoms in total. The smallest absolute Gasteiger partial charge is 0.264 e. The summed E-state index contributed by atoms with van der Waals surface area (Å²) < 4.78 is 30.1. The van der Waals surface area contributed by atoms with Gasteiger partial charge < -0.3 is 10.2 Å². The highest BCUT2D eigenvalue weighted by Gasteiger charge is 2.34. The number of carbonyl (C=O) groups excluding carboxylic acids is 2. The number of sulfonamides is 1. The summed E-state index contributed by atoms with van der Waals surface area (Å²) >= 11 is 9.59. The highest BCUT2D eigenvalue weighted by molar-refractivity contribution is 9.10. The maximum absolute atomic E-state index is 14.5. The zero-order valence-electron chi connectivity index (χ0n) is 25.5. The van der Waals surface area contributed by atoms with E-state index in [4.69, 9.17) is 11.6 Å². The van der Waals surface area contributed by atoms with Crippen molar-refractivity contribution < 1.29 is 18.0 Å². The van der Waals surface area contributed by atoms with E-state index >= 15 is 0 Å². The first-order valence-electron chi connectivity index (χ1n) is 14.6. The summed E-state index contributed by atoms with van der Waals surface area (Å²) in [5.74, 6) is -0.636. The van der Waals surface area contributed by atoms with E-state index in [0.29, 0.717) is 11.6 Å². The molecule has 0 spiro atoms. The molecule has 0 aliphatic rings. The van der Waals surface area contributed by atoms with Gasteiger partial charge in [0.05, 0.1) is 10.6 Å². The fourth-order valence-corrected chi connectivity index (χ4v) is 6.54. The Morgan fingerprint density at radius 3 is 2.07 bits per heavy atom. The number of halogens is 2. The molecule has 4 aromatic rings. The van der Waals surface area contributed by atoms with E-state index in [2.05, 4.69) is 21.2 Å². The van der Waals surface area contributed by atoms with Crippen molar-refractivity contribution in [3.05, 3.63) is 129 Å². The van der Waals surface area contributed by atoms with Crippen molar-refractivity contribution in [1.82, 2.24) is 10.2 Å². The third-order valence-corrected chi connectivity index (χ3v) is 9.79. The second kappa shape index (κ2) is 15.6. The molecular formula is C35H37BrClN3O4S. The van der Waals surface area contributed by atoms with Crippen molar-refractivity contribution in [3.8, 4) is 0 Å². The predicted octanol–water partition coefficient (Wildman–Crippen LogP) is 7.02. The lowest BCUT2D eigenvalue weighted by molar-refractivity contribution is -0.140. The summed E-state index contributed by atoms with van der Waals surface area (Å²) in [6.45, 7) is 5.86. The van der Waals surface area contributed by atoms with E-state index in [1.165, 1.54) is 17.0 Å². The third-order valence-electron chi connectivity index (χ3n) is 7.22. The molecule has 45 heavy (non-hydrogen) atoms. The second-order valence-electron chi connectivity index (χ2n) is 11.3. The minimum absolute atomic E-state index is 0.0471. The van der Waals surface area contributed by atoms with E-state index in [0.717, 1.165) is 25.5 Å². The number of anilines is 1. The Morgan fingerprint density at radius 2 is 1.47 bits per heavy atom. The lowest BCUT2D eigenvalue weighted by atomic mass is 10.0. The molecule has 0 fully saturated rings. The summed E-state index contributed by atoms with van der Waals surface area (Å²) in [7, 11) is -4.18. The molecule has 236 valence electrons. The SMILES string of the molecule is Cc1ccc(S(=O)(=O)N(CC(=O)N(Cc2ccc(Br)cc2)[C@@H](Cc2ccccc2)C(=O)NCC(C)C)c2ccc(Cl)cc2)cc1. The van der Waals surface area contributed by atoms with Crippen LogP contribution in [0.25, 0.3) is 0 Å². The lowest BCUT2D eigenvalue weighted by Crippen LogP contribution is -2.53. The number of amides is 2. The van der Waals surface area contributed by atoms with Gasteiger partial charge in [0, 0.05) is 29.0 Å². The fourth-order valence-electron chi connectivity index (χ4n) is 4.74. The van der Waals surface area contributed by atoms with Crippen LogP contribution in [0.15, 0.2) is 112 Å². The molecule has 0 aliphatic carbocycles. The van der Waals surface area contributed by atoms with E-state index < -0.39 is 28.5 Å². The Bertz CT molecular complexity index is 1680. The third kappa shape index (κ3) is 9.42. The Labute approximate surface area is 279 Å². The van der Waals surface area contributed by atoms with E-state index in [-0.39, 0.29) is 35.4 Å². The Hall–Kier alpha value is -3.66. The minimum Gasteiger partial charge on any atom is -0.354 e. The van der Waals surface area contributed by atoms with Gasteiger partial charge in [0.15, 0.2) is 0 Å². The van der Waals surface area contributed by atoms with Crippen molar-refractivity contribution in [3.63, 3.8) is 0 Å². The molecule has 4 aromatic carbocycles. The second-order valence-corrected chi connectivity index (χ2v) is 14.5. The molecule has 4 rings (SSSR count). The van der Waals surface area contributed by atoms with Gasteiger partial charge in [0.25, 0.3) is 10.0 Å². The number of hydrogen-bond acceptors (Lipinski definition) is 4. The first-order valence-corrected chi connectivity index (χ1v) is 17.3. The monoisotopic (exact) mass is 709 g/mol. The quantitative estimate of drug-likeness (QED) is 0.162. The number of nitrogens with one attached hydrogen (secondary N) is 1. The molecule has 0 saturated heterocycles. The fraction of sp³-hybridized carbons (Fsp3) is 0.257. The number of rotatable bonds is 13. The summed E-state index contributed by atoms with van der Waals surface area (Å²) in [4.78, 5) is 29.8. The zero-order chi connectivity index (χ0) is 32.6. The van der Waals surface area contributed by atoms with Crippen LogP contribution >= 0.6 is 27.5 Å². The van der Waals surface area contributed by atoms with Crippen molar-refractivity contribution in [2.45, 2.75) is 44.7 Å². The highest BCUT2D eigenvalue weighted by Crippen LogP contribution is 2.27. The molecule has 0 saturated carbocycles. The Balaban J connectivity index is 1.79. The average molecular weight is 711 g/mol. The Morgan fingerprint density at radius 1 is 0.844 bits per heavy atom. The normalized spacial score (nSPS) is 12.0. The first kappa shape index (κ1) is 34.2. The number of aryl methyl sites for hydroxylation is 1. The number of nitrogens with zero attached hydrogens (tertiary/aromatic N) is 2. The van der Waals surface area contributed by atoms with Gasteiger partial charge in [-0.05, 0) is 72.5 Å². The van der Waals surface area contributed by atoms with E-state index in [9.17, 15) is 18.0 Å². The average Bonchev–Trinajstić information content (AvgIpc) is 3.02. The van der Waals surface area contributed by atoms with Gasteiger partial charge in [-0.25, -0.2) is 8.42 Å². The Kier molecular flexibility index (Phi) is 11.8. The van der Waals surface area contributed by atoms with Crippen molar-refractivity contribution >= 4 is 55.1 Å². The van der Waals surface area contributed by atoms with E-state index in [1.807, 2.05) is 75.4 Å². The van der Waals surface area contributed by atoms with Crippen LogP contribution in [0.5, 0.6) is 0 Å². The van der Waals surface area contributed by atoms with Gasteiger partial charge in [0.1, 0.15) is 12.6 Å². The van der Waals surface area contributed by atoms with Crippen LogP contribution in [-0.4, -0.2) is 44.3 Å². The van der Waals surface area contributed by atoms with Gasteiger partial charge in [0.2, 0.25) is 11.8 Å². The lowest BCUT2D eigenvalue weighted by Gasteiger charge is -2.34. The van der Waals surface area contributed by atoms with Crippen molar-refractivity contribution in [2.24, 2.45) is 5.92 Å². The zero-order valence-corrected chi connectivity index (χ0v) is 28.6. The molecule has 0 heterocycles. The van der Waals surface area contributed by atoms with Crippen LogP contribution in [0.4, 0.5) is 5.69 Å². The molecule has 2 amide bonds. The molecule has 0 bridgehead atoms. The van der Waals surface area contributed by atoms with Gasteiger partial charge >= 0.3 is 0 Å². The summed E-state index contributed by atoms with van der Waals surface area (Å²) in [5.41, 5.74) is 2.85. The maximum Gasteiger partial charge on any atom is 0.264 e. The van der Waals surface area contributed by atoms with Gasteiger partial charge in [-0.2, -0.15) is 0 Å². The summed E-state index contributed by atoms with van der Waals surface area (Å²) in [6, 6.07) is 28.8. The van der Waals surface area contributed by atoms with Crippen LogP contribution in [-0.2, 0) is 32.6 Å². The predicted molar refractivity (Wildman–Crippen MR) is 184 cm³/mol.